The van der Waals surface area contributed by atoms with Gasteiger partial charge < -0.3 is 15.0 Å². The molecule has 0 amide bonds. The SMILES string of the molecule is COCCNC(=S)N(C)Cc1cccc(C)n1. The maximum atomic E-state index is 5.25. The van der Waals surface area contributed by atoms with E-state index >= 15 is 0 Å². The van der Waals surface area contributed by atoms with Crippen LogP contribution in [0.1, 0.15) is 11.4 Å². The molecule has 1 aromatic heterocycles. The molecule has 4 nitrogen and oxygen atoms in total. The summed E-state index contributed by atoms with van der Waals surface area (Å²) in [5, 5.41) is 3.84. The summed E-state index contributed by atoms with van der Waals surface area (Å²) in [6.07, 6.45) is 0. The average molecular weight is 253 g/mol. The van der Waals surface area contributed by atoms with Gasteiger partial charge in [0.1, 0.15) is 0 Å². The fourth-order valence-electron chi connectivity index (χ4n) is 1.40. The summed E-state index contributed by atoms with van der Waals surface area (Å²) in [4.78, 5) is 6.40. The Balaban J connectivity index is 2.43. The predicted octanol–water partition coefficient (Wildman–Crippen LogP) is 1.34. The van der Waals surface area contributed by atoms with E-state index in [-0.39, 0.29) is 0 Å². The second-order valence-electron chi connectivity index (χ2n) is 3.85. The molecule has 0 radical (unpaired) electrons. The summed E-state index contributed by atoms with van der Waals surface area (Å²) in [5.41, 5.74) is 2.04. The van der Waals surface area contributed by atoms with Gasteiger partial charge in [-0.15, -0.1) is 0 Å². The standard InChI is InChI=1S/C12H19N3OS/c1-10-5-4-6-11(14-10)9-15(2)12(17)13-7-8-16-3/h4-6H,7-9H2,1-3H3,(H,13,17). The molecule has 1 rings (SSSR count). The lowest BCUT2D eigenvalue weighted by molar-refractivity contribution is 0.203. The summed E-state index contributed by atoms with van der Waals surface area (Å²) < 4.78 is 4.95. The van der Waals surface area contributed by atoms with Gasteiger partial charge in [0.15, 0.2) is 5.11 Å². The lowest BCUT2D eigenvalue weighted by Gasteiger charge is -2.20. The Labute approximate surface area is 108 Å². The van der Waals surface area contributed by atoms with Crippen molar-refractivity contribution >= 4 is 17.3 Å². The van der Waals surface area contributed by atoms with Gasteiger partial charge in [-0.05, 0) is 31.3 Å². The van der Waals surface area contributed by atoms with Crippen LogP contribution in [-0.2, 0) is 11.3 Å². The molecule has 0 fully saturated rings. The number of rotatable bonds is 5. The Morgan fingerprint density at radius 2 is 2.29 bits per heavy atom. The van der Waals surface area contributed by atoms with Crippen molar-refractivity contribution in [1.29, 1.82) is 0 Å². The Morgan fingerprint density at radius 1 is 1.53 bits per heavy atom. The molecule has 0 bridgehead atoms. The molecule has 0 spiro atoms. The fourth-order valence-corrected chi connectivity index (χ4v) is 1.56. The third-order valence-electron chi connectivity index (χ3n) is 2.27. The van der Waals surface area contributed by atoms with Crippen molar-refractivity contribution < 1.29 is 4.74 Å². The van der Waals surface area contributed by atoms with Gasteiger partial charge in [-0.25, -0.2) is 0 Å². The highest BCUT2D eigenvalue weighted by Crippen LogP contribution is 2.01. The zero-order valence-corrected chi connectivity index (χ0v) is 11.4. The maximum absolute atomic E-state index is 5.25. The first-order chi connectivity index (χ1) is 8.13. The molecule has 94 valence electrons. The number of ether oxygens (including phenoxy) is 1. The summed E-state index contributed by atoms with van der Waals surface area (Å²) in [5.74, 6) is 0. The highest BCUT2D eigenvalue weighted by molar-refractivity contribution is 7.80. The van der Waals surface area contributed by atoms with Crippen LogP contribution in [0.3, 0.4) is 0 Å². The van der Waals surface area contributed by atoms with Crippen molar-refractivity contribution in [2.45, 2.75) is 13.5 Å². The molecule has 17 heavy (non-hydrogen) atoms. The minimum absolute atomic E-state index is 0.649. The zero-order chi connectivity index (χ0) is 12.7. The molecular weight excluding hydrogens is 234 g/mol. The Kier molecular flexibility index (Phi) is 5.86. The molecule has 0 unspecified atom stereocenters. The van der Waals surface area contributed by atoms with Gasteiger partial charge in [0.2, 0.25) is 0 Å². The van der Waals surface area contributed by atoms with Crippen molar-refractivity contribution in [3.8, 4) is 0 Å². The topological polar surface area (TPSA) is 37.4 Å². The quantitative estimate of drug-likeness (QED) is 0.633. The number of nitrogens with zero attached hydrogens (tertiary/aromatic N) is 2. The number of hydrogen-bond donors (Lipinski definition) is 1. The smallest absolute Gasteiger partial charge is 0.169 e. The largest absolute Gasteiger partial charge is 0.383 e. The van der Waals surface area contributed by atoms with Crippen LogP contribution in [0.25, 0.3) is 0 Å². The molecule has 0 saturated heterocycles. The van der Waals surface area contributed by atoms with E-state index < -0.39 is 0 Å². The Hall–Kier alpha value is -1.20. The van der Waals surface area contributed by atoms with E-state index in [2.05, 4.69) is 10.3 Å². The predicted molar refractivity (Wildman–Crippen MR) is 72.9 cm³/mol. The summed E-state index contributed by atoms with van der Waals surface area (Å²) in [6, 6.07) is 5.99. The molecule has 0 aliphatic heterocycles. The van der Waals surface area contributed by atoms with Crippen molar-refractivity contribution in [3.05, 3.63) is 29.6 Å². The minimum atomic E-state index is 0.649. The van der Waals surface area contributed by atoms with Gasteiger partial charge in [-0.3, -0.25) is 4.98 Å². The summed E-state index contributed by atoms with van der Waals surface area (Å²) in [7, 11) is 3.62. The minimum Gasteiger partial charge on any atom is -0.383 e. The highest BCUT2D eigenvalue weighted by atomic mass is 32.1. The van der Waals surface area contributed by atoms with E-state index in [0.29, 0.717) is 18.3 Å². The van der Waals surface area contributed by atoms with Gasteiger partial charge in [0.25, 0.3) is 0 Å². The number of pyridine rings is 1. The highest BCUT2D eigenvalue weighted by Gasteiger charge is 2.05. The zero-order valence-electron chi connectivity index (χ0n) is 10.6. The van der Waals surface area contributed by atoms with Gasteiger partial charge in [0.05, 0.1) is 18.8 Å². The molecule has 1 N–H and O–H groups in total. The van der Waals surface area contributed by atoms with Gasteiger partial charge in [0, 0.05) is 26.4 Å². The molecule has 1 heterocycles. The van der Waals surface area contributed by atoms with E-state index in [1.54, 1.807) is 7.11 Å². The van der Waals surface area contributed by atoms with Crippen molar-refractivity contribution in [3.63, 3.8) is 0 Å². The van der Waals surface area contributed by atoms with Crippen LogP contribution in [0.15, 0.2) is 18.2 Å². The normalized spacial score (nSPS) is 10.1. The van der Waals surface area contributed by atoms with Crippen LogP contribution in [0.2, 0.25) is 0 Å². The summed E-state index contributed by atoms with van der Waals surface area (Å²) >= 11 is 5.25. The first kappa shape index (κ1) is 13.9. The molecular formula is C12H19N3OS. The lowest BCUT2D eigenvalue weighted by Crippen LogP contribution is -2.38. The van der Waals surface area contributed by atoms with Crippen LogP contribution >= 0.6 is 12.2 Å². The van der Waals surface area contributed by atoms with E-state index in [9.17, 15) is 0 Å². The van der Waals surface area contributed by atoms with Crippen molar-refractivity contribution in [2.75, 3.05) is 27.3 Å². The molecule has 0 saturated carbocycles. The van der Waals surface area contributed by atoms with Gasteiger partial charge in [-0.1, -0.05) is 6.07 Å². The lowest BCUT2D eigenvalue weighted by atomic mass is 10.3. The molecule has 5 heteroatoms. The molecule has 0 aromatic carbocycles. The Bertz CT molecular complexity index is 371. The van der Waals surface area contributed by atoms with Crippen LogP contribution < -0.4 is 5.32 Å². The van der Waals surface area contributed by atoms with Gasteiger partial charge >= 0.3 is 0 Å². The first-order valence-corrected chi connectivity index (χ1v) is 5.94. The third-order valence-corrected chi connectivity index (χ3v) is 2.73. The van der Waals surface area contributed by atoms with E-state index in [1.807, 2.05) is 37.1 Å². The second-order valence-corrected chi connectivity index (χ2v) is 4.24. The second kappa shape index (κ2) is 7.19. The van der Waals surface area contributed by atoms with Crippen LogP contribution in [0, 0.1) is 6.92 Å². The first-order valence-electron chi connectivity index (χ1n) is 5.54. The third kappa shape index (κ3) is 5.10. The fraction of sp³-hybridized carbons (Fsp3) is 0.500. The number of aromatic nitrogens is 1. The number of aryl methyl sites for hydroxylation is 1. The van der Waals surface area contributed by atoms with Crippen molar-refractivity contribution in [1.82, 2.24) is 15.2 Å². The summed E-state index contributed by atoms with van der Waals surface area (Å²) in [6.45, 7) is 4.07. The molecule has 0 aliphatic carbocycles. The van der Waals surface area contributed by atoms with Gasteiger partial charge in [-0.2, -0.15) is 0 Å². The Morgan fingerprint density at radius 3 is 2.94 bits per heavy atom. The maximum Gasteiger partial charge on any atom is 0.169 e. The number of nitrogens with one attached hydrogen (secondary N) is 1. The van der Waals surface area contributed by atoms with E-state index in [4.69, 9.17) is 17.0 Å². The van der Waals surface area contributed by atoms with E-state index in [1.165, 1.54) is 0 Å². The van der Waals surface area contributed by atoms with E-state index in [0.717, 1.165) is 17.9 Å². The monoisotopic (exact) mass is 253 g/mol. The molecule has 0 aliphatic rings. The average Bonchev–Trinajstić information content (AvgIpc) is 2.29. The van der Waals surface area contributed by atoms with Crippen LogP contribution in [0.4, 0.5) is 0 Å². The van der Waals surface area contributed by atoms with Crippen LogP contribution in [0.5, 0.6) is 0 Å². The molecule has 1 aromatic rings. The number of thiocarbonyl (C=S) groups is 1. The number of methoxy groups -OCH3 is 1. The van der Waals surface area contributed by atoms with Crippen LogP contribution in [-0.4, -0.2) is 42.3 Å². The number of hydrogen-bond acceptors (Lipinski definition) is 3. The van der Waals surface area contributed by atoms with Crippen molar-refractivity contribution in [2.24, 2.45) is 0 Å². The molecule has 0 atom stereocenters.